The highest BCUT2D eigenvalue weighted by atomic mass is 16.5. The highest BCUT2D eigenvalue weighted by molar-refractivity contribution is 5.79. The third-order valence-corrected chi connectivity index (χ3v) is 8.83. The van der Waals surface area contributed by atoms with Crippen molar-refractivity contribution >= 4 is 5.78 Å². The summed E-state index contributed by atoms with van der Waals surface area (Å²) in [6, 6.07) is 0. The van der Waals surface area contributed by atoms with Crippen LogP contribution in [0.15, 0.2) is 0 Å². The van der Waals surface area contributed by atoms with Gasteiger partial charge in [0.2, 0.25) is 0 Å². The molecule has 4 fully saturated rings. The molecular weight excluding hydrogens is 296 g/mol. The summed E-state index contributed by atoms with van der Waals surface area (Å²) in [7, 11) is 0. The van der Waals surface area contributed by atoms with Crippen LogP contribution in [0.1, 0.15) is 85.5 Å². The van der Waals surface area contributed by atoms with Crippen LogP contribution >= 0.6 is 0 Å². The van der Waals surface area contributed by atoms with Gasteiger partial charge in [-0.2, -0.15) is 0 Å². The number of ketones is 1. The quantitative estimate of drug-likeness (QED) is 0.677. The van der Waals surface area contributed by atoms with Crippen molar-refractivity contribution in [1.29, 1.82) is 0 Å². The standard InChI is InChI=1S/C22H36O2/c1-14(2)24-20-8-7-18-17-6-5-15-13-16(23)9-11-21(15,3)19(17)10-12-22(18,20)4/h14-15,17-20H,5-13H2,1-4H3/t15?,17-,18?,19?,20-,21?,22?/m0/s1. The van der Waals surface area contributed by atoms with E-state index in [-0.39, 0.29) is 0 Å². The van der Waals surface area contributed by atoms with Crippen molar-refractivity contribution < 1.29 is 9.53 Å². The van der Waals surface area contributed by atoms with Crippen LogP contribution in [0.4, 0.5) is 0 Å². The van der Waals surface area contributed by atoms with E-state index in [4.69, 9.17) is 4.74 Å². The van der Waals surface area contributed by atoms with E-state index in [1.165, 1.54) is 38.5 Å². The molecule has 0 aromatic rings. The van der Waals surface area contributed by atoms with Crippen LogP contribution in [0, 0.1) is 34.5 Å². The number of Topliss-reactive ketones (excluding diaryl/α,β-unsaturated/α-hetero) is 1. The SMILES string of the molecule is CC(C)O[C@H]1CCC2[C@@H]3CCC4CC(=O)CCC4(C)C3CCC21C. The Morgan fingerprint density at radius 2 is 1.71 bits per heavy atom. The van der Waals surface area contributed by atoms with Gasteiger partial charge >= 0.3 is 0 Å². The fraction of sp³-hybridized carbons (Fsp3) is 0.955. The normalized spacial score (nSPS) is 51.2. The molecule has 5 unspecified atom stereocenters. The zero-order chi connectivity index (χ0) is 17.1. The van der Waals surface area contributed by atoms with Gasteiger partial charge < -0.3 is 4.74 Å². The maximum absolute atomic E-state index is 12.0. The van der Waals surface area contributed by atoms with Crippen molar-refractivity contribution in [2.75, 3.05) is 0 Å². The summed E-state index contributed by atoms with van der Waals surface area (Å²) >= 11 is 0. The van der Waals surface area contributed by atoms with Crippen LogP contribution < -0.4 is 0 Å². The van der Waals surface area contributed by atoms with Crippen LogP contribution in [-0.4, -0.2) is 18.0 Å². The maximum Gasteiger partial charge on any atom is 0.133 e. The van der Waals surface area contributed by atoms with Gasteiger partial charge in [0, 0.05) is 12.8 Å². The molecule has 0 aromatic heterocycles. The fourth-order valence-electron chi connectivity index (χ4n) is 7.55. The van der Waals surface area contributed by atoms with Crippen molar-refractivity contribution in [2.45, 2.75) is 97.7 Å². The second kappa shape index (κ2) is 5.83. The third-order valence-electron chi connectivity index (χ3n) is 8.83. The largest absolute Gasteiger partial charge is 0.375 e. The molecule has 4 aliphatic rings. The minimum absolute atomic E-state index is 0.348. The zero-order valence-electron chi connectivity index (χ0n) is 16.1. The topological polar surface area (TPSA) is 26.3 Å². The number of hydrogen-bond donors (Lipinski definition) is 0. The summed E-state index contributed by atoms with van der Waals surface area (Å²) in [6.07, 6.45) is 11.7. The van der Waals surface area contributed by atoms with Gasteiger partial charge in [0.1, 0.15) is 5.78 Å². The molecule has 0 N–H and O–H groups in total. The molecule has 0 heterocycles. The van der Waals surface area contributed by atoms with E-state index in [0.717, 1.165) is 37.0 Å². The van der Waals surface area contributed by atoms with E-state index in [2.05, 4.69) is 27.7 Å². The molecule has 136 valence electrons. The van der Waals surface area contributed by atoms with Gasteiger partial charge in [0.05, 0.1) is 12.2 Å². The average Bonchev–Trinajstić information content (AvgIpc) is 2.84. The molecule has 4 aliphatic carbocycles. The predicted octanol–water partition coefficient (Wildman–Crippen LogP) is 5.39. The van der Waals surface area contributed by atoms with E-state index >= 15 is 0 Å². The summed E-state index contributed by atoms with van der Waals surface area (Å²) in [5.74, 6) is 3.81. The van der Waals surface area contributed by atoms with Crippen LogP contribution in [-0.2, 0) is 9.53 Å². The summed E-state index contributed by atoms with van der Waals surface area (Å²) in [5.41, 5.74) is 0.842. The summed E-state index contributed by atoms with van der Waals surface area (Å²) in [4.78, 5) is 12.0. The van der Waals surface area contributed by atoms with Gasteiger partial charge in [-0.05, 0) is 93.3 Å². The lowest BCUT2D eigenvalue weighted by Gasteiger charge is -2.60. The monoisotopic (exact) mass is 332 g/mol. The summed E-state index contributed by atoms with van der Waals surface area (Å²) in [6.45, 7) is 9.45. The lowest BCUT2D eigenvalue weighted by atomic mass is 9.45. The molecule has 0 saturated heterocycles. The molecule has 0 spiro atoms. The second-order valence-electron chi connectivity index (χ2n) is 10.2. The summed E-state index contributed by atoms with van der Waals surface area (Å²) < 4.78 is 6.36. The highest BCUT2D eigenvalue weighted by Gasteiger charge is 2.60. The Kier molecular flexibility index (Phi) is 4.14. The van der Waals surface area contributed by atoms with Gasteiger partial charge in [0.25, 0.3) is 0 Å². The Morgan fingerprint density at radius 3 is 2.46 bits per heavy atom. The van der Waals surface area contributed by atoms with Gasteiger partial charge in [-0.25, -0.2) is 0 Å². The van der Waals surface area contributed by atoms with Crippen molar-refractivity contribution in [3.8, 4) is 0 Å². The van der Waals surface area contributed by atoms with Crippen molar-refractivity contribution in [3.05, 3.63) is 0 Å². The van der Waals surface area contributed by atoms with E-state index < -0.39 is 0 Å². The Hall–Kier alpha value is -0.370. The first-order chi connectivity index (χ1) is 11.3. The molecular formula is C22H36O2. The van der Waals surface area contributed by atoms with E-state index in [1.54, 1.807) is 0 Å². The van der Waals surface area contributed by atoms with Gasteiger partial charge in [-0.3, -0.25) is 4.79 Å². The second-order valence-corrected chi connectivity index (χ2v) is 10.2. The first-order valence-corrected chi connectivity index (χ1v) is 10.5. The molecule has 0 aromatic carbocycles. The molecule has 0 radical (unpaired) electrons. The van der Waals surface area contributed by atoms with Crippen molar-refractivity contribution in [2.24, 2.45) is 34.5 Å². The number of hydrogen-bond acceptors (Lipinski definition) is 2. The first-order valence-electron chi connectivity index (χ1n) is 10.5. The van der Waals surface area contributed by atoms with Crippen molar-refractivity contribution in [3.63, 3.8) is 0 Å². The number of rotatable bonds is 2. The maximum atomic E-state index is 12.0. The minimum atomic E-state index is 0.348. The first kappa shape index (κ1) is 17.1. The Morgan fingerprint density at radius 1 is 0.958 bits per heavy atom. The molecule has 0 aliphatic heterocycles. The minimum Gasteiger partial charge on any atom is -0.375 e. The van der Waals surface area contributed by atoms with Gasteiger partial charge in [0.15, 0.2) is 0 Å². The lowest BCUT2D eigenvalue weighted by Crippen LogP contribution is -2.54. The Balaban J connectivity index is 1.57. The number of carbonyl (C=O) groups is 1. The van der Waals surface area contributed by atoms with E-state index in [9.17, 15) is 4.79 Å². The summed E-state index contributed by atoms with van der Waals surface area (Å²) in [5, 5.41) is 0. The van der Waals surface area contributed by atoms with Gasteiger partial charge in [-0.15, -0.1) is 0 Å². The van der Waals surface area contributed by atoms with Crippen molar-refractivity contribution in [1.82, 2.24) is 0 Å². The molecule has 24 heavy (non-hydrogen) atoms. The molecule has 4 rings (SSSR count). The highest BCUT2D eigenvalue weighted by Crippen LogP contribution is 2.66. The van der Waals surface area contributed by atoms with Crippen LogP contribution in [0.25, 0.3) is 0 Å². The zero-order valence-corrected chi connectivity index (χ0v) is 16.1. The molecule has 7 atom stereocenters. The van der Waals surface area contributed by atoms with Gasteiger partial charge in [-0.1, -0.05) is 13.8 Å². The third kappa shape index (κ3) is 2.42. The lowest BCUT2D eigenvalue weighted by molar-refractivity contribution is -0.148. The Bertz CT molecular complexity index is 512. The number of fused-ring (bicyclic) bond motifs is 5. The smallest absolute Gasteiger partial charge is 0.133 e. The molecule has 4 saturated carbocycles. The average molecular weight is 333 g/mol. The Labute approximate surface area is 148 Å². The predicted molar refractivity (Wildman–Crippen MR) is 96.7 cm³/mol. The van der Waals surface area contributed by atoms with E-state index in [0.29, 0.717) is 34.7 Å². The molecule has 0 bridgehead atoms. The number of carbonyl (C=O) groups excluding carboxylic acids is 1. The number of ether oxygens (including phenoxy) is 1. The van der Waals surface area contributed by atoms with E-state index in [1.807, 2.05) is 0 Å². The van der Waals surface area contributed by atoms with Crippen LogP contribution in [0.2, 0.25) is 0 Å². The molecule has 0 amide bonds. The molecule has 2 nitrogen and oxygen atoms in total. The molecule has 2 heteroatoms. The fourth-order valence-corrected chi connectivity index (χ4v) is 7.55. The van der Waals surface area contributed by atoms with Crippen LogP contribution in [0.3, 0.4) is 0 Å². The van der Waals surface area contributed by atoms with Crippen LogP contribution in [0.5, 0.6) is 0 Å².